The molecular formula is C8H15Br3. The Labute approximate surface area is 94.9 Å². The fraction of sp³-hybridized carbons (Fsp3) is 1.00. The zero-order chi connectivity index (χ0) is 8.85. The normalized spacial score (nSPS) is 19.4. The monoisotopic (exact) mass is 348 g/mol. The predicted octanol–water partition coefficient (Wildman–Crippen LogP) is 4.49. The van der Waals surface area contributed by atoms with E-state index in [1.807, 2.05) is 0 Å². The Morgan fingerprint density at radius 2 is 1.55 bits per heavy atom. The van der Waals surface area contributed by atoms with Crippen molar-refractivity contribution in [2.75, 3.05) is 0 Å². The van der Waals surface area contributed by atoms with E-state index in [0.717, 1.165) is 0 Å². The molecule has 0 aliphatic heterocycles. The van der Waals surface area contributed by atoms with Crippen molar-refractivity contribution in [2.45, 2.75) is 47.6 Å². The lowest BCUT2D eigenvalue weighted by Crippen LogP contribution is -2.13. The van der Waals surface area contributed by atoms with Crippen LogP contribution in [0.15, 0.2) is 0 Å². The molecule has 3 atom stereocenters. The van der Waals surface area contributed by atoms with Crippen LogP contribution in [-0.4, -0.2) is 14.5 Å². The van der Waals surface area contributed by atoms with Gasteiger partial charge in [-0.1, -0.05) is 61.6 Å². The molecule has 68 valence electrons. The molecule has 0 aliphatic rings. The largest absolute Gasteiger partial charge is 0.0894 e. The van der Waals surface area contributed by atoms with Crippen LogP contribution in [0.25, 0.3) is 0 Å². The van der Waals surface area contributed by atoms with Gasteiger partial charge in [-0.15, -0.1) is 0 Å². The summed E-state index contributed by atoms with van der Waals surface area (Å²) in [4.78, 5) is 1.88. The number of hydrogen-bond acceptors (Lipinski definition) is 0. The molecular weight excluding hydrogens is 336 g/mol. The van der Waals surface area contributed by atoms with Crippen LogP contribution in [0.2, 0.25) is 0 Å². The maximum absolute atomic E-state index is 3.66. The summed E-state index contributed by atoms with van der Waals surface area (Å²) in [5.41, 5.74) is 0. The van der Waals surface area contributed by atoms with Gasteiger partial charge in [0.1, 0.15) is 0 Å². The van der Waals surface area contributed by atoms with Crippen molar-refractivity contribution in [3.8, 4) is 0 Å². The molecule has 0 saturated carbocycles. The van der Waals surface area contributed by atoms with Gasteiger partial charge in [-0.2, -0.15) is 0 Å². The van der Waals surface area contributed by atoms with Gasteiger partial charge in [-0.3, -0.25) is 0 Å². The Morgan fingerprint density at radius 3 is 1.91 bits per heavy atom. The van der Waals surface area contributed by atoms with Crippen LogP contribution in [0, 0.1) is 0 Å². The summed E-state index contributed by atoms with van der Waals surface area (Å²) in [5, 5.41) is 0. The molecule has 0 aromatic heterocycles. The van der Waals surface area contributed by atoms with Crippen molar-refractivity contribution in [2.24, 2.45) is 0 Å². The van der Waals surface area contributed by atoms with E-state index in [2.05, 4.69) is 61.6 Å². The second-order valence-electron chi connectivity index (χ2n) is 2.80. The molecule has 0 amide bonds. The molecule has 0 fully saturated rings. The molecule has 0 nitrogen and oxygen atoms in total. The molecule has 0 saturated heterocycles. The van der Waals surface area contributed by atoms with Crippen molar-refractivity contribution in [3.63, 3.8) is 0 Å². The zero-order valence-electron chi connectivity index (χ0n) is 6.99. The van der Waals surface area contributed by atoms with Gasteiger partial charge < -0.3 is 0 Å². The van der Waals surface area contributed by atoms with E-state index in [0.29, 0.717) is 14.5 Å². The van der Waals surface area contributed by atoms with Crippen LogP contribution >= 0.6 is 47.8 Å². The molecule has 0 radical (unpaired) electrons. The lowest BCUT2D eigenvalue weighted by Gasteiger charge is -2.15. The van der Waals surface area contributed by atoms with Crippen LogP contribution < -0.4 is 0 Å². The SMILES string of the molecule is CCC(Br)C(Br)CCC(C)Br. The summed E-state index contributed by atoms with van der Waals surface area (Å²) in [6.45, 7) is 4.39. The summed E-state index contributed by atoms with van der Waals surface area (Å²) >= 11 is 10.8. The number of hydrogen-bond donors (Lipinski definition) is 0. The minimum atomic E-state index is 0.618. The van der Waals surface area contributed by atoms with E-state index >= 15 is 0 Å². The minimum absolute atomic E-state index is 0.618. The molecule has 0 heterocycles. The molecule has 3 heteroatoms. The third-order valence-corrected chi connectivity index (χ3v) is 5.17. The molecule has 0 aromatic carbocycles. The molecule has 0 aliphatic carbocycles. The Balaban J connectivity index is 3.43. The first kappa shape index (κ1) is 12.4. The summed E-state index contributed by atoms with van der Waals surface area (Å²) in [6, 6.07) is 0. The van der Waals surface area contributed by atoms with Crippen LogP contribution in [0.5, 0.6) is 0 Å². The Kier molecular flexibility index (Phi) is 7.81. The van der Waals surface area contributed by atoms with Gasteiger partial charge in [0.25, 0.3) is 0 Å². The molecule has 3 unspecified atom stereocenters. The predicted molar refractivity (Wildman–Crippen MR) is 63.3 cm³/mol. The first-order chi connectivity index (χ1) is 5.07. The minimum Gasteiger partial charge on any atom is -0.0894 e. The zero-order valence-corrected chi connectivity index (χ0v) is 11.7. The van der Waals surface area contributed by atoms with E-state index in [1.165, 1.54) is 19.3 Å². The molecule has 0 bridgehead atoms. The Bertz CT molecular complexity index is 93.3. The van der Waals surface area contributed by atoms with Crippen molar-refractivity contribution in [1.29, 1.82) is 0 Å². The molecule has 0 rings (SSSR count). The number of rotatable bonds is 5. The van der Waals surface area contributed by atoms with Gasteiger partial charge in [0.2, 0.25) is 0 Å². The summed E-state index contributed by atoms with van der Waals surface area (Å²) in [7, 11) is 0. The van der Waals surface area contributed by atoms with Crippen molar-refractivity contribution >= 4 is 47.8 Å². The topological polar surface area (TPSA) is 0 Å². The first-order valence-electron chi connectivity index (χ1n) is 4.00. The van der Waals surface area contributed by atoms with Crippen LogP contribution in [0.3, 0.4) is 0 Å². The summed E-state index contributed by atoms with van der Waals surface area (Å²) in [6.07, 6.45) is 3.65. The van der Waals surface area contributed by atoms with Gasteiger partial charge in [-0.25, -0.2) is 0 Å². The number of alkyl halides is 3. The quantitative estimate of drug-likeness (QED) is 0.641. The van der Waals surface area contributed by atoms with Crippen LogP contribution in [0.4, 0.5) is 0 Å². The molecule has 0 N–H and O–H groups in total. The Morgan fingerprint density at radius 1 is 1.00 bits per heavy atom. The molecule has 11 heavy (non-hydrogen) atoms. The highest BCUT2D eigenvalue weighted by atomic mass is 79.9. The van der Waals surface area contributed by atoms with E-state index < -0.39 is 0 Å². The third-order valence-electron chi connectivity index (χ3n) is 1.62. The average molecular weight is 351 g/mol. The second kappa shape index (κ2) is 6.90. The summed E-state index contributed by atoms with van der Waals surface area (Å²) in [5.74, 6) is 0. The highest BCUT2D eigenvalue weighted by Gasteiger charge is 2.13. The van der Waals surface area contributed by atoms with E-state index in [1.54, 1.807) is 0 Å². The van der Waals surface area contributed by atoms with Crippen molar-refractivity contribution < 1.29 is 0 Å². The third kappa shape index (κ3) is 6.59. The van der Waals surface area contributed by atoms with Gasteiger partial charge in [0.15, 0.2) is 0 Å². The lowest BCUT2D eigenvalue weighted by atomic mass is 10.1. The van der Waals surface area contributed by atoms with Crippen LogP contribution in [0.1, 0.15) is 33.1 Å². The maximum Gasteiger partial charge on any atom is 0.0271 e. The molecule has 0 aromatic rings. The van der Waals surface area contributed by atoms with Crippen LogP contribution in [-0.2, 0) is 0 Å². The second-order valence-corrected chi connectivity index (χ2v) is 6.71. The first-order valence-corrected chi connectivity index (χ1v) is 6.74. The van der Waals surface area contributed by atoms with Crippen molar-refractivity contribution in [1.82, 2.24) is 0 Å². The van der Waals surface area contributed by atoms with Gasteiger partial charge in [0, 0.05) is 14.5 Å². The highest BCUT2D eigenvalue weighted by molar-refractivity contribution is 9.12. The fourth-order valence-electron chi connectivity index (χ4n) is 0.825. The van der Waals surface area contributed by atoms with E-state index in [-0.39, 0.29) is 0 Å². The fourth-order valence-corrected chi connectivity index (χ4v) is 1.99. The average Bonchev–Trinajstić information content (AvgIpc) is 1.98. The van der Waals surface area contributed by atoms with Crippen molar-refractivity contribution in [3.05, 3.63) is 0 Å². The number of halogens is 3. The highest BCUT2D eigenvalue weighted by Crippen LogP contribution is 2.23. The Hall–Kier alpha value is 1.44. The van der Waals surface area contributed by atoms with E-state index in [9.17, 15) is 0 Å². The van der Waals surface area contributed by atoms with Gasteiger partial charge in [0.05, 0.1) is 0 Å². The molecule has 0 spiro atoms. The standard InChI is InChI=1S/C8H15Br3/c1-3-7(10)8(11)5-4-6(2)9/h6-8H,3-5H2,1-2H3. The van der Waals surface area contributed by atoms with Gasteiger partial charge >= 0.3 is 0 Å². The van der Waals surface area contributed by atoms with E-state index in [4.69, 9.17) is 0 Å². The lowest BCUT2D eigenvalue weighted by molar-refractivity contribution is 0.673. The summed E-state index contributed by atoms with van der Waals surface area (Å²) < 4.78 is 0. The smallest absolute Gasteiger partial charge is 0.0271 e. The maximum atomic E-state index is 3.66. The van der Waals surface area contributed by atoms with Gasteiger partial charge in [-0.05, 0) is 19.3 Å².